The molecule has 0 bridgehead atoms. The quantitative estimate of drug-likeness (QED) is 0.0199. The minimum Gasteiger partial charge on any atom is -0.756 e. The predicted molar refractivity (Wildman–Crippen MR) is 298 cm³/mol. The number of phosphoric ester groups is 1. The van der Waals surface area contributed by atoms with E-state index >= 15 is 0 Å². The zero-order valence-corrected chi connectivity index (χ0v) is 55.1. The van der Waals surface area contributed by atoms with E-state index in [1.165, 1.54) is 0 Å². The van der Waals surface area contributed by atoms with Crippen LogP contribution in [-0.4, -0.2) is 171 Å². The molecule has 76 heavy (non-hydrogen) atoms. The predicted octanol–water partition coefficient (Wildman–Crippen LogP) is 8.10. The van der Waals surface area contributed by atoms with Crippen molar-refractivity contribution in [3.63, 3.8) is 0 Å². The second-order valence-corrected chi connectivity index (χ2v) is 33.6. The highest BCUT2D eigenvalue weighted by molar-refractivity contribution is 7.85. The lowest BCUT2D eigenvalue weighted by atomic mass is 9.61. The number of carboxylic acid groups (broad SMARTS) is 1. The van der Waals surface area contributed by atoms with Crippen molar-refractivity contribution in [3.8, 4) is 0 Å². The van der Waals surface area contributed by atoms with Gasteiger partial charge < -0.3 is 56.1 Å². The van der Waals surface area contributed by atoms with Gasteiger partial charge in [0.2, 0.25) is 0 Å². The van der Waals surface area contributed by atoms with E-state index in [9.17, 15) is 46.7 Å². The zero-order valence-electron chi connectivity index (χ0n) is 53.4. The lowest BCUT2D eigenvalue weighted by Crippen LogP contribution is -2.48. The molecule has 0 aromatic rings. The van der Waals surface area contributed by atoms with Gasteiger partial charge in [0, 0.05) is 12.4 Å². The van der Waals surface area contributed by atoms with E-state index in [0.717, 1.165) is 6.42 Å². The van der Waals surface area contributed by atoms with Gasteiger partial charge in [-0.3, -0.25) is 18.9 Å². The summed E-state index contributed by atoms with van der Waals surface area (Å²) in [5.41, 5.74) is -2.72. The molecule has 20 heteroatoms. The van der Waals surface area contributed by atoms with E-state index < -0.39 is 45.9 Å². The summed E-state index contributed by atoms with van der Waals surface area (Å²) < 4.78 is 71.6. The van der Waals surface area contributed by atoms with Gasteiger partial charge in [0.1, 0.15) is 56.2 Å². The summed E-state index contributed by atoms with van der Waals surface area (Å²) in [6, 6.07) is 0. The molecule has 0 aliphatic carbocycles. The molecule has 0 aliphatic rings. The van der Waals surface area contributed by atoms with Crippen molar-refractivity contribution in [2.45, 2.75) is 171 Å². The van der Waals surface area contributed by atoms with Crippen molar-refractivity contribution in [3.05, 3.63) is 0 Å². The zero-order chi connectivity index (χ0) is 61.5. The van der Waals surface area contributed by atoms with E-state index in [2.05, 4.69) is 83.1 Å². The fraction of sp³-hybridized carbons (Fsp3) is 0.929. The van der Waals surface area contributed by atoms with Crippen molar-refractivity contribution in [2.75, 3.05) is 121 Å². The Hall–Kier alpha value is -2.22. The molecular weight excluding hydrogens is 1020 g/mol. The summed E-state index contributed by atoms with van der Waals surface area (Å²) in [4.78, 5) is 60.7. The van der Waals surface area contributed by atoms with Gasteiger partial charge >= 0.3 is 17.9 Å². The average molecular weight is 1130 g/mol. The topological polar surface area (TPSA) is 235 Å². The van der Waals surface area contributed by atoms with Crippen LogP contribution in [0.5, 0.6) is 0 Å². The number of quaternary nitrogens is 3. The fourth-order valence-electron chi connectivity index (χ4n) is 8.09. The first-order valence-corrected chi connectivity index (χ1v) is 29.8. The lowest BCUT2D eigenvalue weighted by molar-refractivity contribution is -0.890. The average Bonchev–Trinajstić information content (AvgIpc) is 3.14. The van der Waals surface area contributed by atoms with E-state index in [1.807, 2.05) is 112 Å². The molecule has 0 N–H and O–H groups in total. The van der Waals surface area contributed by atoms with Gasteiger partial charge in [-0.2, -0.15) is 0 Å². The number of phosphoric acid groups is 1. The number of nitrogens with zero attached hydrogens (tertiary/aromatic N) is 3. The smallest absolute Gasteiger partial charge is 0.312 e. The first-order valence-electron chi connectivity index (χ1n) is 26.8. The molecule has 0 aromatic carbocycles. The van der Waals surface area contributed by atoms with Crippen molar-refractivity contribution in [1.82, 2.24) is 0 Å². The van der Waals surface area contributed by atoms with Crippen LogP contribution in [0.3, 0.4) is 0 Å². The maximum atomic E-state index is 12.8. The third-order valence-corrected chi connectivity index (χ3v) is 16.0. The third-order valence-electron chi connectivity index (χ3n) is 14.3. The molecule has 0 fully saturated rings. The van der Waals surface area contributed by atoms with Crippen LogP contribution in [0.2, 0.25) is 0 Å². The number of esters is 3. The van der Waals surface area contributed by atoms with Gasteiger partial charge in [-0.15, -0.1) is 0 Å². The van der Waals surface area contributed by atoms with Crippen LogP contribution in [0.25, 0.3) is 0 Å². The molecular formula is C56H114N3O15PS. The summed E-state index contributed by atoms with van der Waals surface area (Å²) in [7, 11) is 4.65. The van der Waals surface area contributed by atoms with Gasteiger partial charge in [0.25, 0.3) is 7.82 Å². The standard InChI is InChI=1S/C19H40NO6P.C19H37NO4.C18H37NO5S/c1-17(2,3)15-19(7,18(4,5)6)16(21)24-13-14-26-27(22,23)25-12-11-20(8,9)10;1-17(2,3)14-19(7,18(4,5)6)16(23)24-13-12-20(8,9)11-10-15(21)22;1-16(2,3)14-18(7,17(4,5)6)15(20)24-12-10-19(8,9)11-13-25(21,22)23/h11-15H2,1-10H3;10-14H2,1-9H3;10-14H2,1-9H3. The second kappa shape index (κ2) is 29.0. The summed E-state index contributed by atoms with van der Waals surface area (Å²) in [5, 5.41) is 10.6. The summed E-state index contributed by atoms with van der Waals surface area (Å²) in [5.74, 6) is -2.22. The summed E-state index contributed by atoms with van der Waals surface area (Å²) in [6.07, 6.45) is 2.10. The number of aliphatic carboxylic acids is 1. The maximum absolute atomic E-state index is 12.8. The van der Waals surface area contributed by atoms with Crippen molar-refractivity contribution < 1.29 is 83.4 Å². The largest absolute Gasteiger partial charge is 0.756 e. The summed E-state index contributed by atoms with van der Waals surface area (Å²) in [6.45, 7) is 45.4. The molecule has 4 atom stereocenters. The minimum absolute atomic E-state index is 0.00464. The Kier molecular flexibility index (Phi) is 29.7. The number of hydrogen-bond donors (Lipinski definition) is 0. The third kappa shape index (κ3) is 33.4. The SMILES string of the molecule is CC(C)(C)CC(C)(C(=O)OCCOP(=O)([O-])OCC[N+](C)(C)C)C(C)(C)C.CC(C)(C)CC(C)(C(=O)OCC[N+](C)(C)CCC(=O)[O-])C(C)(C)C.CC(C)(C)CC(C)(C(=O)OCC[N+](C)(C)CCS(=O)(=O)[O-])C(C)(C)C. The molecule has 0 rings (SSSR count). The molecule has 0 aliphatic heterocycles. The molecule has 0 spiro atoms. The maximum Gasteiger partial charge on any atom is 0.312 e. The molecule has 0 amide bonds. The van der Waals surface area contributed by atoms with Crippen LogP contribution in [0.15, 0.2) is 0 Å². The molecule has 0 heterocycles. The molecule has 0 aromatic heterocycles. The highest BCUT2D eigenvalue weighted by Gasteiger charge is 2.50. The summed E-state index contributed by atoms with van der Waals surface area (Å²) >= 11 is 0. The van der Waals surface area contributed by atoms with E-state index in [1.54, 1.807) is 0 Å². The molecule has 4 unspecified atom stereocenters. The van der Waals surface area contributed by atoms with E-state index in [-0.39, 0.29) is 96.4 Å². The van der Waals surface area contributed by atoms with Crippen LogP contribution in [0.1, 0.15) is 171 Å². The Bertz CT molecular complexity index is 1980. The highest BCUT2D eigenvalue weighted by atomic mass is 32.2. The number of rotatable bonds is 26. The van der Waals surface area contributed by atoms with E-state index in [0.29, 0.717) is 52.5 Å². The Balaban J connectivity index is -0.00000105. The van der Waals surface area contributed by atoms with Crippen LogP contribution in [0, 0.1) is 48.7 Å². The number of hydrogen-bond acceptors (Lipinski definition) is 15. The molecule has 0 radical (unpaired) electrons. The molecule has 18 nitrogen and oxygen atoms in total. The number of carbonyl (C=O) groups excluding carboxylic acids is 4. The molecule has 454 valence electrons. The Labute approximate surface area is 464 Å². The van der Waals surface area contributed by atoms with Crippen molar-refractivity contribution in [2.24, 2.45) is 48.7 Å². The Morgan fingerprint density at radius 1 is 0.447 bits per heavy atom. The monoisotopic (exact) mass is 1130 g/mol. The highest BCUT2D eigenvalue weighted by Crippen LogP contribution is 2.50. The van der Waals surface area contributed by atoms with Gasteiger partial charge in [-0.25, -0.2) is 8.42 Å². The number of ether oxygens (including phenoxy) is 3. The van der Waals surface area contributed by atoms with Crippen LogP contribution < -0.4 is 10.00 Å². The number of likely N-dealkylation sites (N-methyl/N-ethyl adjacent to an activating group) is 3. The fourth-order valence-corrected chi connectivity index (χ4v) is 9.48. The minimum atomic E-state index is -4.40. The molecule has 0 saturated heterocycles. The van der Waals surface area contributed by atoms with Crippen LogP contribution in [-0.2, 0) is 57.1 Å². The first kappa shape index (κ1) is 78.0. The molecule has 0 saturated carbocycles. The Morgan fingerprint density at radius 2 is 0.737 bits per heavy atom. The van der Waals surface area contributed by atoms with Crippen LogP contribution in [0.4, 0.5) is 0 Å². The van der Waals surface area contributed by atoms with E-state index in [4.69, 9.17) is 23.3 Å². The number of carboxylic acids is 1. The van der Waals surface area contributed by atoms with Gasteiger partial charge in [-0.05, 0) is 72.5 Å². The first-order chi connectivity index (χ1) is 33.1. The van der Waals surface area contributed by atoms with Gasteiger partial charge in [0.15, 0.2) is 0 Å². The normalized spacial score (nSPS) is 16.7. The van der Waals surface area contributed by atoms with Crippen molar-refractivity contribution in [1.29, 1.82) is 0 Å². The lowest BCUT2D eigenvalue weighted by Gasteiger charge is -2.43. The van der Waals surface area contributed by atoms with Crippen LogP contribution >= 0.6 is 7.82 Å². The second-order valence-electron chi connectivity index (χ2n) is 30.6. The van der Waals surface area contributed by atoms with Crippen molar-refractivity contribution >= 4 is 41.8 Å². The Morgan fingerprint density at radius 3 is 1.00 bits per heavy atom. The number of carbonyl (C=O) groups is 4. The van der Waals surface area contributed by atoms with Gasteiger partial charge in [-0.1, -0.05) is 125 Å². The van der Waals surface area contributed by atoms with Gasteiger partial charge in [0.05, 0.1) is 91.0 Å².